The summed E-state index contributed by atoms with van der Waals surface area (Å²) in [5.74, 6) is 0.717. The van der Waals surface area contributed by atoms with Gasteiger partial charge in [-0.15, -0.1) is 0 Å². The largest absolute Gasteiger partial charge is 0.416 e. The fraction of sp³-hybridized carbons (Fsp3) is 0.105. The van der Waals surface area contributed by atoms with Gasteiger partial charge in [-0.2, -0.15) is 13.2 Å². The minimum Gasteiger partial charge on any atom is -0.322 e. The zero-order valence-corrected chi connectivity index (χ0v) is 14.6. The molecular formula is C19H14BrF3N2. The van der Waals surface area contributed by atoms with Crippen LogP contribution in [0.5, 0.6) is 0 Å². The van der Waals surface area contributed by atoms with E-state index in [1.54, 1.807) is 6.20 Å². The summed E-state index contributed by atoms with van der Waals surface area (Å²) in [6.45, 7) is 0.413. The van der Waals surface area contributed by atoms with Crippen LogP contribution in [-0.2, 0) is 12.7 Å². The van der Waals surface area contributed by atoms with E-state index in [1.165, 1.54) is 12.1 Å². The highest BCUT2D eigenvalue weighted by atomic mass is 79.9. The van der Waals surface area contributed by atoms with Crippen LogP contribution < -0.4 is 4.90 Å². The molecule has 2 aromatic carbocycles. The molecule has 6 heteroatoms. The van der Waals surface area contributed by atoms with Crippen molar-refractivity contribution in [2.45, 2.75) is 12.7 Å². The van der Waals surface area contributed by atoms with Gasteiger partial charge in [0.1, 0.15) is 5.82 Å². The fourth-order valence-electron chi connectivity index (χ4n) is 2.42. The minimum atomic E-state index is -4.33. The summed E-state index contributed by atoms with van der Waals surface area (Å²) in [4.78, 5) is 6.36. The molecule has 1 heterocycles. The maximum Gasteiger partial charge on any atom is 0.416 e. The highest BCUT2D eigenvalue weighted by Gasteiger charge is 2.30. The monoisotopic (exact) mass is 406 g/mol. The summed E-state index contributed by atoms with van der Waals surface area (Å²) >= 11 is 3.36. The molecule has 0 aliphatic carbocycles. The van der Waals surface area contributed by atoms with Crippen LogP contribution in [0.1, 0.15) is 11.1 Å². The molecule has 3 rings (SSSR count). The van der Waals surface area contributed by atoms with Crippen molar-refractivity contribution in [3.8, 4) is 0 Å². The van der Waals surface area contributed by atoms with Gasteiger partial charge < -0.3 is 4.90 Å². The molecule has 0 bridgehead atoms. The first-order valence-electron chi connectivity index (χ1n) is 7.54. The topological polar surface area (TPSA) is 16.1 Å². The van der Waals surface area contributed by atoms with Crippen LogP contribution in [0.4, 0.5) is 24.7 Å². The number of hydrogen-bond donors (Lipinski definition) is 0. The number of halogens is 4. The molecule has 0 aliphatic heterocycles. The Kier molecular flexibility index (Phi) is 5.08. The molecule has 0 spiro atoms. The smallest absolute Gasteiger partial charge is 0.322 e. The summed E-state index contributed by atoms with van der Waals surface area (Å²) in [6, 6.07) is 18.6. The third kappa shape index (κ3) is 4.39. The lowest BCUT2D eigenvalue weighted by Crippen LogP contribution is -2.17. The van der Waals surface area contributed by atoms with Crippen LogP contribution >= 0.6 is 15.9 Å². The van der Waals surface area contributed by atoms with Crippen molar-refractivity contribution in [1.29, 1.82) is 0 Å². The number of pyridine rings is 1. The Bertz CT molecular complexity index is 816. The van der Waals surface area contributed by atoms with Crippen molar-refractivity contribution in [2.75, 3.05) is 4.90 Å². The molecule has 25 heavy (non-hydrogen) atoms. The van der Waals surface area contributed by atoms with E-state index in [0.717, 1.165) is 27.9 Å². The average Bonchev–Trinajstić information content (AvgIpc) is 2.61. The quantitative estimate of drug-likeness (QED) is 0.512. The van der Waals surface area contributed by atoms with Gasteiger partial charge in [-0.3, -0.25) is 0 Å². The maximum atomic E-state index is 12.7. The van der Waals surface area contributed by atoms with Crippen molar-refractivity contribution in [3.05, 3.63) is 88.5 Å². The van der Waals surface area contributed by atoms with E-state index in [1.807, 2.05) is 47.4 Å². The van der Waals surface area contributed by atoms with Crippen molar-refractivity contribution >= 4 is 27.4 Å². The van der Waals surface area contributed by atoms with Crippen molar-refractivity contribution in [1.82, 2.24) is 4.98 Å². The highest BCUT2D eigenvalue weighted by molar-refractivity contribution is 9.10. The van der Waals surface area contributed by atoms with E-state index < -0.39 is 11.7 Å². The van der Waals surface area contributed by atoms with Crippen molar-refractivity contribution in [2.24, 2.45) is 0 Å². The summed E-state index contributed by atoms with van der Waals surface area (Å²) in [7, 11) is 0. The molecule has 0 saturated carbocycles. The Morgan fingerprint density at radius 1 is 0.880 bits per heavy atom. The summed E-state index contributed by atoms with van der Waals surface area (Å²) in [5.41, 5.74) is 1.03. The Morgan fingerprint density at radius 2 is 1.56 bits per heavy atom. The van der Waals surface area contributed by atoms with E-state index in [2.05, 4.69) is 20.9 Å². The van der Waals surface area contributed by atoms with Crippen LogP contribution in [0.2, 0.25) is 0 Å². The molecule has 0 amide bonds. The molecule has 0 aliphatic rings. The fourth-order valence-corrected chi connectivity index (χ4v) is 2.66. The zero-order valence-electron chi connectivity index (χ0n) is 13.0. The molecule has 0 radical (unpaired) electrons. The van der Waals surface area contributed by atoms with Gasteiger partial charge >= 0.3 is 6.18 Å². The Labute approximate surface area is 152 Å². The number of nitrogens with zero attached hydrogens (tertiary/aromatic N) is 2. The predicted octanol–water partition coefficient (Wildman–Crippen LogP) is 6.20. The average molecular weight is 407 g/mol. The van der Waals surface area contributed by atoms with Crippen LogP contribution in [-0.4, -0.2) is 4.98 Å². The first kappa shape index (κ1) is 17.5. The van der Waals surface area contributed by atoms with Crippen LogP contribution in [0.15, 0.2) is 77.4 Å². The summed E-state index contributed by atoms with van der Waals surface area (Å²) in [5, 5.41) is 0. The SMILES string of the molecule is FC(F)(F)c1ccc(CN(c2ccccc2)c2ccc(Br)cn2)cc1. The van der Waals surface area contributed by atoms with Crippen LogP contribution in [0.25, 0.3) is 0 Å². The van der Waals surface area contributed by atoms with Gasteiger partial charge in [-0.05, 0) is 57.9 Å². The van der Waals surface area contributed by atoms with Gasteiger partial charge in [0.05, 0.1) is 5.56 Å². The van der Waals surface area contributed by atoms with Crippen LogP contribution in [0, 0.1) is 0 Å². The first-order chi connectivity index (χ1) is 11.9. The summed E-state index contributed by atoms with van der Waals surface area (Å²) < 4.78 is 39.0. The third-order valence-corrected chi connectivity index (χ3v) is 4.15. The molecule has 2 nitrogen and oxygen atoms in total. The summed E-state index contributed by atoms with van der Waals surface area (Å²) in [6.07, 6.45) is -2.64. The Balaban J connectivity index is 1.91. The maximum absolute atomic E-state index is 12.7. The van der Waals surface area contributed by atoms with E-state index >= 15 is 0 Å². The molecule has 128 valence electrons. The molecular weight excluding hydrogens is 393 g/mol. The van der Waals surface area contributed by atoms with Gasteiger partial charge in [0.2, 0.25) is 0 Å². The standard InChI is InChI=1S/C19H14BrF3N2/c20-16-10-11-18(24-12-16)25(17-4-2-1-3-5-17)13-14-6-8-15(9-7-14)19(21,22)23/h1-12H,13H2. The second kappa shape index (κ2) is 7.27. The van der Waals surface area contributed by atoms with Gasteiger partial charge in [-0.25, -0.2) is 4.98 Å². The van der Waals surface area contributed by atoms with Crippen molar-refractivity contribution < 1.29 is 13.2 Å². The van der Waals surface area contributed by atoms with E-state index in [9.17, 15) is 13.2 Å². The molecule has 3 aromatic rings. The first-order valence-corrected chi connectivity index (χ1v) is 8.33. The number of para-hydroxylation sites is 1. The number of hydrogen-bond acceptors (Lipinski definition) is 2. The molecule has 0 fully saturated rings. The van der Waals surface area contributed by atoms with E-state index in [4.69, 9.17) is 0 Å². The number of aromatic nitrogens is 1. The molecule has 0 atom stereocenters. The van der Waals surface area contributed by atoms with Gasteiger partial charge in [0.15, 0.2) is 0 Å². The predicted molar refractivity (Wildman–Crippen MR) is 95.7 cm³/mol. The second-order valence-corrected chi connectivity index (χ2v) is 6.37. The van der Waals surface area contributed by atoms with E-state index in [0.29, 0.717) is 12.4 Å². The second-order valence-electron chi connectivity index (χ2n) is 5.45. The number of rotatable bonds is 4. The molecule has 0 unspecified atom stereocenters. The molecule has 0 saturated heterocycles. The lowest BCUT2D eigenvalue weighted by Gasteiger charge is -2.24. The zero-order chi connectivity index (χ0) is 17.9. The van der Waals surface area contributed by atoms with Crippen LogP contribution in [0.3, 0.4) is 0 Å². The normalized spacial score (nSPS) is 11.4. The molecule has 1 aromatic heterocycles. The minimum absolute atomic E-state index is 0.413. The Hall–Kier alpha value is -2.34. The number of anilines is 2. The number of alkyl halides is 3. The molecule has 0 N–H and O–H groups in total. The van der Waals surface area contributed by atoms with Gasteiger partial charge in [-0.1, -0.05) is 30.3 Å². The van der Waals surface area contributed by atoms with Gasteiger partial charge in [0, 0.05) is 22.9 Å². The highest BCUT2D eigenvalue weighted by Crippen LogP contribution is 2.30. The third-order valence-electron chi connectivity index (χ3n) is 3.68. The van der Waals surface area contributed by atoms with Crippen molar-refractivity contribution in [3.63, 3.8) is 0 Å². The number of benzene rings is 2. The van der Waals surface area contributed by atoms with Gasteiger partial charge in [0.25, 0.3) is 0 Å². The van der Waals surface area contributed by atoms with E-state index in [-0.39, 0.29) is 0 Å². The Morgan fingerprint density at radius 3 is 2.12 bits per heavy atom. The lowest BCUT2D eigenvalue weighted by molar-refractivity contribution is -0.137. The lowest BCUT2D eigenvalue weighted by atomic mass is 10.1.